The van der Waals surface area contributed by atoms with Gasteiger partial charge in [0.2, 0.25) is 0 Å². The molecule has 1 amide bonds. The van der Waals surface area contributed by atoms with Gasteiger partial charge in [-0.05, 0) is 25.0 Å². The molecule has 1 fully saturated rings. The molecule has 0 aromatic carbocycles. The number of furan rings is 1. The van der Waals surface area contributed by atoms with Crippen LogP contribution in [0.25, 0.3) is 0 Å². The molecule has 1 saturated carbocycles. The van der Waals surface area contributed by atoms with Crippen LogP contribution in [-0.4, -0.2) is 12.1 Å². The van der Waals surface area contributed by atoms with Crippen molar-refractivity contribution in [1.29, 1.82) is 0 Å². The largest absolute Gasteiger partial charge is 0.466 e. The first-order valence-electron chi connectivity index (χ1n) is 6.41. The molecule has 6 heteroatoms. The van der Waals surface area contributed by atoms with E-state index in [0.717, 1.165) is 32.1 Å². The summed E-state index contributed by atoms with van der Waals surface area (Å²) < 4.78 is 9.80. The van der Waals surface area contributed by atoms with Crippen LogP contribution in [0, 0.1) is 5.92 Å². The lowest BCUT2D eigenvalue weighted by Gasteiger charge is -2.19. The Hall–Kier alpha value is -1.98. The molecule has 0 aliphatic heterocycles. The van der Waals surface area contributed by atoms with E-state index in [4.69, 9.17) is 14.0 Å². The van der Waals surface area contributed by atoms with Crippen LogP contribution < -0.4 is 5.48 Å². The highest BCUT2D eigenvalue weighted by atomic mass is 16.7. The van der Waals surface area contributed by atoms with Crippen molar-refractivity contribution >= 4 is 12.1 Å². The van der Waals surface area contributed by atoms with Gasteiger partial charge in [0.15, 0.2) is 6.61 Å². The first kappa shape index (κ1) is 13.5. The molecule has 1 aromatic heterocycles. The number of hydrogen-bond donors (Lipinski definition) is 1. The van der Waals surface area contributed by atoms with E-state index in [1.807, 2.05) is 5.48 Å². The van der Waals surface area contributed by atoms with Crippen LogP contribution in [0.4, 0.5) is 4.79 Å². The molecule has 1 aliphatic carbocycles. The highest BCUT2D eigenvalue weighted by molar-refractivity contribution is 5.75. The number of hydroxylamine groups is 1. The Labute approximate surface area is 111 Å². The Bertz CT molecular complexity index is 409. The third kappa shape index (κ3) is 4.31. The van der Waals surface area contributed by atoms with Gasteiger partial charge in [0.25, 0.3) is 0 Å². The fraction of sp³-hybridized carbons (Fsp3) is 0.538. The van der Waals surface area contributed by atoms with E-state index in [9.17, 15) is 9.59 Å². The van der Waals surface area contributed by atoms with Gasteiger partial charge in [0.1, 0.15) is 5.76 Å². The van der Waals surface area contributed by atoms with Crippen molar-refractivity contribution in [1.82, 2.24) is 5.48 Å². The molecule has 0 unspecified atom stereocenters. The third-order valence-corrected chi connectivity index (χ3v) is 3.10. The molecule has 1 aliphatic rings. The van der Waals surface area contributed by atoms with Gasteiger partial charge in [-0.2, -0.15) is 0 Å². The van der Waals surface area contributed by atoms with Gasteiger partial charge in [0, 0.05) is 0 Å². The second-order valence-corrected chi connectivity index (χ2v) is 4.51. The van der Waals surface area contributed by atoms with Gasteiger partial charge in [-0.1, -0.05) is 19.3 Å². The van der Waals surface area contributed by atoms with Crippen molar-refractivity contribution in [3.8, 4) is 0 Å². The summed E-state index contributed by atoms with van der Waals surface area (Å²) in [5.41, 5.74) is 1.99. The molecular formula is C13H17NO5. The summed E-state index contributed by atoms with van der Waals surface area (Å²) in [5.74, 6) is 0.0162. The smallest absolute Gasteiger partial charge is 0.441 e. The second kappa shape index (κ2) is 6.82. The standard InChI is InChI=1S/C13H17NO5/c15-12(10-5-2-1-3-6-10)19-14-13(16)18-9-11-7-4-8-17-11/h4,7-8,10H,1-3,5-6,9H2,(H,14,16). The van der Waals surface area contributed by atoms with Crippen molar-refractivity contribution in [2.24, 2.45) is 5.92 Å². The van der Waals surface area contributed by atoms with Crippen LogP contribution in [0.15, 0.2) is 22.8 Å². The third-order valence-electron chi connectivity index (χ3n) is 3.10. The number of nitrogens with one attached hydrogen (secondary N) is 1. The van der Waals surface area contributed by atoms with Crippen molar-refractivity contribution in [3.63, 3.8) is 0 Å². The first-order chi connectivity index (χ1) is 9.25. The second-order valence-electron chi connectivity index (χ2n) is 4.51. The average Bonchev–Trinajstić information content (AvgIpc) is 2.96. The number of carbonyl (C=O) groups is 2. The molecule has 1 N–H and O–H groups in total. The maximum atomic E-state index is 11.6. The minimum absolute atomic E-state index is 0.000186. The zero-order valence-corrected chi connectivity index (χ0v) is 10.6. The number of rotatable bonds is 3. The van der Waals surface area contributed by atoms with Gasteiger partial charge in [-0.15, -0.1) is 5.48 Å². The summed E-state index contributed by atoms with van der Waals surface area (Å²) in [7, 11) is 0. The fourth-order valence-corrected chi connectivity index (χ4v) is 2.07. The molecule has 0 spiro atoms. The van der Waals surface area contributed by atoms with Crippen LogP contribution in [0.1, 0.15) is 37.9 Å². The summed E-state index contributed by atoms with van der Waals surface area (Å²) >= 11 is 0. The van der Waals surface area contributed by atoms with Crippen LogP contribution in [0.5, 0.6) is 0 Å². The minimum atomic E-state index is -0.805. The summed E-state index contributed by atoms with van der Waals surface area (Å²) in [5, 5.41) is 0. The van der Waals surface area contributed by atoms with Crippen LogP contribution in [0.3, 0.4) is 0 Å². The zero-order chi connectivity index (χ0) is 13.5. The Kier molecular flexibility index (Phi) is 4.83. The highest BCUT2D eigenvalue weighted by Gasteiger charge is 2.23. The Morgan fingerprint density at radius 1 is 1.32 bits per heavy atom. The number of amides is 1. The SMILES string of the molecule is O=C(NOC(=O)C1CCCCC1)OCc1ccco1. The first-order valence-corrected chi connectivity index (χ1v) is 6.41. The number of carbonyl (C=O) groups excluding carboxylic acids is 2. The van der Waals surface area contributed by atoms with Gasteiger partial charge in [-0.25, -0.2) is 9.59 Å². The van der Waals surface area contributed by atoms with Crippen molar-refractivity contribution < 1.29 is 23.6 Å². The molecule has 2 rings (SSSR count). The molecule has 0 radical (unpaired) electrons. The molecule has 6 nitrogen and oxygen atoms in total. The molecule has 0 saturated heterocycles. The highest BCUT2D eigenvalue weighted by Crippen LogP contribution is 2.24. The minimum Gasteiger partial charge on any atom is -0.466 e. The molecule has 1 heterocycles. The maximum absolute atomic E-state index is 11.6. The summed E-state index contributed by atoms with van der Waals surface area (Å²) in [6.07, 6.45) is 5.54. The van der Waals surface area contributed by atoms with Crippen LogP contribution in [-0.2, 0) is 21.0 Å². The van der Waals surface area contributed by atoms with Crippen molar-refractivity contribution in [3.05, 3.63) is 24.2 Å². The topological polar surface area (TPSA) is 77.8 Å². The zero-order valence-electron chi connectivity index (χ0n) is 10.6. The van der Waals surface area contributed by atoms with E-state index in [1.54, 1.807) is 12.1 Å². The summed E-state index contributed by atoms with van der Waals surface area (Å²) in [6, 6.07) is 3.38. The molecule has 0 bridgehead atoms. The predicted molar refractivity (Wildman–Crippen MR) is 64.7 cm³/mol. The lowest BCUT2D eigenvalue weighted by molar-refractivity contribution is -0.156. The maximum Gasteiger partial charge on any atom is 0.441 e. The van der Waals surface area contributed by atoms with E-state index >= 15 is 0 Å². The van der Waals surface area contributed by atoms with Crippen molar-refractivity contribution in [2.75, 3.05) is 0 Å². The van der Waals surface area contributed by atoms with Crippen LogP contribution >= 0.6 is 0 Å². The van der Waals surface area contributed by atoms with E-state index in [-0.39, 0.29) is 12.5 Å². The average molecular weight is 267 g/mol. The summed E-state index contributed by atoms with van der Waals surface area (Å²) in [4.78, 5) is 27.6. The quantitative estimate of drug-likeness (QED) is 0.851. The van der Waals surface area contributed by atoms with Crippen molar-refractivity contribution in [2.45, 2.75) is 38.7 Å². The molecule has 104 valence electrons. The molecule has 0 atom stereocenters. The number of ether oxygens (including phenoxy) is 1. The van der Waals surface area contributed by atoms with E-state index < -0.39 is 12.1 Å². The van der Waals surface area contributed by atoms with Gasteiger partial charge in [-0.3, -0.25) is 0 Å². The van der Waals surface area contributed by atoms with Crippen LogP contribution in [0.2, 0.25) is 0 Å². The van der Waals surface area contributed by atoms with Gasteiger partial charge >= 0.3 is 12.1 Å². The Balaban J connectivity index is 1.64. The predicted octanol–water partition coefficient (Wildman–Crippen LogP) is 2.54. The lowest BCUT2D eigenvalue weighted by atomic mass is 9.89. The molecular weight excluding hydrogens is 250 g/mol. The van der Waals surface area contributed by atoms with E-state index in [1.165, 1.54) is 6.26 Å². The van der Waals surface area contributed by atoms with Gasteiger partial charge < -0.3 is 14.0 Å². The normalized spacial score (nSPS) is 15.8. The fourth-order valence-electron chi connectivity index (χ4n) is 2.07. The lowest BCUT2D eigenvalue weighted by Crippen LogP contribution is -2.31. The Morgan fingerprint density at radius 2 is 2.11 bits per heavy atom. The Morgan fingerprint density at radius 3 is 2.79 bits per heavy atom. The summed E-state index contributed by atoms with van der Waals surface area (Å²) in [6.45, 7) is -0.000186. The number of hydrogen-bond acceptors (Lipinski definition) is 5. The molecule has 1 aromatic rings. The van der Waals surface area contributed by atoms with E-state index in [0.29, 0.717) is 5.76 Å². The van der Waals surface area contributed by atoms with E-state index in [2.05, 4.69) is 0 Å². The van der Waals surface area contributed by atoms with Gasteiger partial charge in [0.05, 0.1) is 12.2 Å². The molecule has 19 heavy (non-hydrogen) atoms. The monoisotopic (exact) mass is 267 g/mol.